The van der Waals surface area contributed by atoms with E-state index < -0.39 is 0 Å². The molecule has 1 aromatic carbocycles. The molecule has 0 unspecified atom stereocenters. The molecule has 0 saturated carbocycles. The Bertz CT molecular complexity index is 699. The largest absolute Gasteiger partial charge is 0.494 e. The summed E-state index contributed by atoms with van der Waals surface area (Å²) in [7, 11) is 1.42. The van der Waals surface area contributed by atoms with Crippen molar-refractivity contribution in [3.8, 4) is 17.1 Å². The van der Waals surface area contributed by atoms with E-state index in [4.69, 9.17) is 14.0 Å². The van der Waals surface area contributed by atoms with Crippen molar-refractivity contribution in [3.05, 3.63) is 30.2 Å². The van der Waals surface area contributed by atoms with E-state index in [0.29, 0.717) is 24.9 Å². The molecule has 0 amide bonds. The van der Waals surface area contributed by atoms with Gasteiger partial charge in [-0.1, -0.05) is 11.6 Å². The molecular formula is C18H23N3O4. The number of rotatable bonds is 6. The van der Waals surface area contributed by atoms with Crippen molar-refractivity contribution < 1.29 is 18.8 Å². The Balaban J connectivity index is 1.69. The van der Waals surface area contributed by atoms with Gasteiger partial charge in [0.15, 0.2) is 0 Å². The zero-order valence-electron chi connectivity index (χ0n) is 14.6. The van der Waals surface area contributed by atoms with Gasteiger partial charge < -0.3 is 14.0 Å². The van der Waals surface area contributed by atoms with Gasteiger partial charge in [-0.05, 0) is 50.6 Å². The molecule has 0 N–H and O–H groups in total. The van der Waals surface area contributed by atoms with Crippen LogP contribution in [0.3, 0.4) is 0 Å². The van der Waals surface area contributed by atoms with E-state index >= 15 is 0 Å². The van der Waals surface area contributed by atoms with Gasteiger partial charge in [-0.25, -0.2) is 0 Å². The molecule has 0 spiro atoms. The smallest absolute Gasteiger partial charge is 0.323 e. The van der Waals surface area contributed by atoms with E-state index in [1.807, 2.05) is 36.1 Å². The van der Waals surface area contributed by atoms with Gasteiger partial charge in [0.2, 0.25) is 11.7 Å². The molecule has 0 bridgehead atoms. The summed E-state index contributed by atoms with van der Waals surface area (Å²) in [6.07, 6.45) is 2.87. The van der Waals surface area contributed by atoms with Crippen LogP contribution in [0.25, 0.3) is 11.4 Å². The van der Waals surface area contributed by atoms with Crippen LogP contribution in [0, 0.1) is 0 Å². The third kappa shape index (κ3) is 4.17. The zero-order valence-corrected chi connectivity index (χ0v) is 14.6. The van der Waals surface area contributed by atoms with Crippen LogP contribution in [0.2, 0.25) is 0 Å². The van der Waals surface area contributed by atoms with Crippen LogP contribution in [0.5, 0.6) is 5.75 Å². The van der Waals surface area contributed by atoms with Gasteiger partial charge in [0.25, 0.3) is 0 Å². The van der Waals surface area contributed by atoms with Crippen molar-refractivity contribution in [2.24, 2.45) is 0 Å². The van der Waals surface area contributed by atoms with E-state index in [1.165, 1.54) is 7.11 Å². The number of carbonyl (C=O) groups is 1. The number of carbonyl (C=O) groups excluding carboxylic acids is 1. The van der Waals surface area contributed by atoms with Crippen LogP contribution in [0.15, 0.2) is 28.8 Å². The summed E-state index contributed by atoms with van der Waals surface area (Å²) in [6.45, 7) is 3.84. The van der Waals surface area contributed by atoms with Crippen molar-refractivity contribution in [2.45, 2.75) is 38.8 Å². The molecule has 1 aliphatic rings. The van der Waals surface area contributed by atoms with E-state index in [-0.39, 0.29) is 12.0 Å². The Labute approximate surface area is 146 Å². The van der Waals surface area contributed by atoms with E-state index in [1.54, 1.807) is 0 Å². The summed E-state index contributed by atoms with van der Waals surface area (Å²) >= 11 is 0. The predicted octanol–water partition coefficient (Wildman–Crippen LogP) is 2.66. The molecule has 134 valence electrons. The fourth-order valence-corrected chi connectivity index (χ4v) is 3.06. The molecule has 25 heavy (non-hydrogen) atoms. The number of nitrogens with zero attached hydrogens (tertiary/aromatic N) is 3. The molecule has 2 heterocycles. The minimum Gasteiger partial charge on any atom is -0.494 e. The highest BCUT2D eigenvalue weighted by atomic mass is 16.5. The number of likely N-dealkylation sites (tertiary alicyclic amines) is 1. The first kappa shape index (κ1) is 17.4. The number of methoxy groups -OCH3 is 1. The summed E-state index contributed by atoms with van der Waals surface area (Å²) < 4.78 is 15.7. The number of esters is 1. The minimum absolute atomic E-state index is 0.203. The first-order chi connectivity index (χ1) is 12.2. The van der Waals surface area contributed by atoms with Gasteiger partial charge in [-0.2, -0.15) is 4.98 Å². The Kier molecular flexibility index (Phi) is 5.65. The fourth-order valence-electron chi connectivity index (χ4n) is 3.06. The van der Waals surface area contributed by atoms with Crippen LogP contribution >= 0.6 is 0 Å². The maximum absolute atomic E-state index is 11.9. The van der Waals surface area contributed by atoms with Gasteiger partial charge in [0, 0.05) is 5.56 Å². The van der Waals surface area contributed by atoms with Crippen molar-refractivity contribution in [1.82, 2.24) is 15.0 Å². The molecule has 1 saturated heterocycles. The third-order valence-electron chi connectivity index (χ3n) is 4.32. The summed E-state index contributed by atoms with van der Waals surface area (Å²) in [5.74, 6) is 1.64. The second-order valence-electron chi connectivity index (χ2n) is 5.97. The van der Waals surface area contributed by atoms with Crippen LogP contribution in [0.1, 0.15) is 32.1 Å². The minimum atomic E-state index is -0.237. The summed E-state index contributed by atoms with van der Waals surface area (Å²) in [6, 6.07) is 7.33. The lowest BCUT2D eigenvalue weighted by Crippen LogP contribution is -2.44. The number of benzene rings is 1. The highest BCUT2D eigenvalue weighted by Gasteiger charge is 2.30. The highest BCUT2D eigenvalue weighted by Crippen LogP contribution is 2.23. The SMILES string of the molecule is CCOc1ccc(-c2noc(CN3CCCC[C@H]3C(=O)OC)n2)cc1. The van der Waals surface area contributed by atoms with E-state index in [2.05, 4.69) is 10.1 Å². The quantitative estimate of drug-likeness (QED) is 0.745. The van der Waals surface area contributed by atoms with Crippen molar-refractivity contribution in [3.63, 3.8) is 0 Å². The average molecular weight is 345 g/mol. The van der Waals surface area contributed by atoms with Gasteiger partial charge in [0.1, 0.15) is 11.8 Å². The lowest BCUT2D eigenvalue weighted by Gasteiger charge is -2.32. The van der Waals surface area contributed by atoms with Gasteiger partial charge in [-0.15, -0.1) is 0 Å². The standard InChI is InChI=1S/C18H23N3O4/c1-3-24-14-9-7-13(8-10-14)17-19-16(25-20-17)12-21-11-5-4-6-15(21)18(22)23-2/h7-10,15H,3-6,11-12H2,1-2H3/t15-/m0/s1. The van der Waals surface area contributed by atoms with Crippen LogP contribution in [0.4, 0.5) is 0 Å². The molecule has 1 atom stereocenters. The van der Waals surface area contributed by atoms with E-state index in [0.717, 1.165) is 37.1 Å². The normalized spacial score (nSPS) is 18.1. The zero-order chi connectivity index (χ0) is 17.6. The maximum atomic E-state index is 11.9. The summed E-state index contributed by atoms with van der Waals surface area (Å²) in [4.78, 5) is 18.4. The first-order valence-electron chi connectivity index (χ1n) is 8.59. The monoisotopic (exact) mass is 345 g/mol. The predicted molar refractivity (Wildman–Crippen MR) is 91.0 cm³/mol. The van der Waals surface area contributed by atoms with Crippen molar-refractivity contribution in [1.29, 1.82) is 0 Å². The molecule has 3 rings (SSSR count). The van der Waals surface area contributed by atoms with E-state index in [9.17, 15) is 4.79 Å². The molecule has 0 radical (unpaired) electrons. The lowest BCUT2D eigenvalue weighted by molar-refractivity contribution is -0.148. The highest BCUT2D eigenvalue weighted by molar-refractivity contribution is 5.75. The molecule has 7 heteroatoms. The second-order valence-corrected chi connectivity index (χ2v) is 5.97. The Morgan fingerprint density at radius 2 is 2.12 bits per heavy atom. The van der Waals surface area contributed by atoms with Crippen LogP contribution in [-0.4, -0.2) is 47.3 Å². The molecule has 1 aromatic heterocycles. The summed E-state index contributed by atoms with van der Waals surface area (Å²) in [5, 5.41) is 4.05. The third-order valence-corrected chi connectivity index (χ3v) is 4.32. The Hall–Kier alpha value is -2.41. The molecular weight excluding hydrogens is 322 g/mol. The number of piperidine rings is 1. The average Bonchev–Trinajstić information content (AvgIpc) is 3.11. The first-order valence-corrected chi connectivity index (χ1v) is 8.59. The lowest BCUT2D eigenvalue weighted by atomic mass is 10.0. The summed E-state index contributed by atoms with van der Waals surface area (Å²) in [5.41, 5.74) is 0.863. The molecule has 1 aliphatic heterocycles. The van der Waals surface area contributed by atoms with Crippen LogP contribution in [-0.2, 0) is 16.1 Å². The van der Waals surface area contributed by atoms with Gasteiger partial charge >= 0.3 is 5.97 Å². The van der Waals surface area contributed by atoms with Crippen LogP contribution < -0.4 is 4.74 Å². The van der Waals surface area contributed by atoms with Gasteiger partial charge in [0.05, 0.1) is 20.3 Å². The molecule has 1 fully saturated rings. The van der Waals surface area contributed by atoms with Crippen molar-refractivity contribution >= 4 is 5.97 Å². The Morgan fingerprint density at radius 1 is 1.32 bits per heavy atom. The number of hydrogen-bond acceptors (Lipinski definition) is 7. The molecule has 0 aliphatic carbocycles. The number of hydrogen-bond donors (Lipinski definition) is 0. The maximum Gasteiger partial charge on any atom is 0.323 e. The second kappa shape index (κ2) is 8.11. The number of aromatic nitrogens is 2. The van der Waals surface area contributed by atoms with Gasteiger partial charge in [-0.3, -0.25) is 9.69 Å². The number of ether oxygens (including phenoxy) is 2. The Morgan fingerprint density at radius 3 is 2.84 bits per heavy atom. The molecule has 2 aromatic rings. The molecule has 7 nitrogen and oxygen atoms in total. The topological polar surface area (TPSA) is 77.7 Å². The van der Waals surface area contributed by atoms with Crippen molar-refractivity contribution in [2.75, 3.05) is 20.3 Å². The fraction of sp³-hybridized carbons (Fsp3) is 0.500.